The fourth-order valence-electron chi connectivity index (χ4n) is 3.30. The van der Waals surface area contributed by atoms with Crippen molar-refractivity contribution in [2.24, 2.45) is 5.92 Å². The predicted molar refractivity (Wildman–Crippen MR) is 96.7 cm³/mol. The molecule has 1 amide bonds. The van der Waals surface area contributed by atoms with Gasteiger partial charge in [-0.15, -0.1) is 0 Å². The number of hydrogen-bond donors (Lipinski definition) is 1. The standard InChI is InChI=1S/C18H26BrFN2O2/c1-3-13(4-2)17(22-7-9-24-10-8-22)12-21-18(23)15-11-14(19)5-6-16(15)20/h5-6,11,13,17H,3-4,7-10,12H2,1-2H3,(H,21,23)/t17-/m1/s1. The predicted octanol–water partition coefficient (Wildman–Crippen LogP) is 3.46. The fourth-order valence-corrected chi connectivity index (χ4v) is 3.66. The highest BCUT2D eigenvalue weighted by Gasteiger charge is 2.27. The van der Waals surface area contributed by atoms with Crippen molar-refractivity contribution in [2.45, 2.75) is 32.7 Å². The molecule has 24 heavy (non-hydrogen) atoms. The van der Waals surface area contributed by atoms with Crippen LogP contribution in [0, 0.1) is 11.7 Å². The van der Waals surface area contributed by atoms with Gasteiger partial charge in [0.15, 0.2) is 0 Å². The third-order valence-electron chi connectivity index (χ3n) is 4.75. The van der Waals surface area contributed by atoms with E-state index in [4.69, 9.17) is 4.74 Å². The van der Waals surface area contributed by atoms with Gasteiger partial charge in [-0.3, -0.25) is 9.69 Å². The van der Waals surface area contributed by atoms with Crippen molar-refractivity contribution in [1.29, 1.82) is 0 Å². The monoisotopic (exact) mass is 400 g/mol. The molecule has 1 aromatic rings. The molecule has 0 aliphatic carbocycles. The van der Waals surface area contributed by atoms with Crippen LogP contribution in [0.2, 0.25) is 0 Å². The zero-order valence-corrected chi connectivity index (χ0v) is 15.9. The normalized spacial score (nSPS) is 17.0. The van der Waals surface area contributed by atoms with Crippen molar-refractivity contribution in [2.75, 3.05) is 32.8 Å². The Balaban J connectivity index is 2.05. The van der Waals surface area contributed by atoms with E-state index in [0.29, 0.717) is 16.9 Å². The van der Waals surface area contributed by atoms with Crippen molar-refractivity contribution in [3.63, 3.8) is 0 Å². The van der Waals surface area contributed by atoms with Gasteiger partial charge in [0.1, 0.15) is 5.82 Å². The maximum Gasteiger partial charge on any atom is 0.254 e. The Morgan fingerprint density at radius 3 is 2.62 bits per heavy atom. The number of hydrogen-bond acceptors (Lipinski definition) is 3. The van der Waals surface area contributed by atoms with E-state index in [0.717, 1.165) is 39.1 Å². The molecule has 1 atom stereocenters. The topological polar surface area (TPSA) is 41.6 Å². The van der Waals surface area contributed by atoms with Gasteiger partial charge >= 0.3 is 0 Å². The lowest BCUT2D eigenvalue weighted by Gasteiger charge is -2.38. The number of ether oxygens (including phenoxy) is 1. The van der Waals surface area contributed by atoms with Gasteiger partial charge in [-0.2, -0.15) is 0 Å². The average molecular weight is 401 g/mol. The summed E-state index contributed by atoms with van der Waals surface area (Å²) in [4.78, 5) is 14.8. The molecule has 0 saturated carbocycles. The molecule has 0 unspecified atom stereocenters. The van der Waals surface area contributed by atoms with E-state index in [1.807, 2.05) is 0 Å². The van der Waals surface area contributed by atoms with E-state index >= 15 is 0 Å². The number of carbonyl (C=O) groups is 1. The Morgan fingerprint density at radius 2 is 2.00 bits per heavy atom. The first-order valence-electron chi connectivity index (χ1n) is 8.61. The quantitative estimate of drug-likeness (QED) is 0.761. The molecule has 134 valence electrons. The first-order valence-corrected chi connectivity index (χ1v) is 9.41. The molecule has 1 aliphatic rings. The molecule has 2 rings (SSSR count). The molecular formula is C18H26BrFN2O2. The van der Waals surface area contributed by atoms with Crippen LogP contribution in [0.5, 0.6) is 0 Å². The summed E-state index contributed by atoms with van der Waals surface area (Å²) in [6, 6.07) is 4.67. The molecule has 0 aromatic heterocycles. The van der Waals surface area contributed by atoms with Crippen molar-refractivity contribution in [3.05, 3.63) is 34.1 Å². The minimum Gasteiger partial charge on any atom is -0.379 e. The summed E-state index contributed by atoms with van der Waals surface area (Å²) in [7, 11) is 0. The zero-order chi connectivity index (χ0) is 17.5. The average Bonchev–Trinajstić information content (AvgIpc) is 2.61. The van der Waals surface area contributed by atoms with E-state index in [1.165, 1.54) is 12.1 Å². The Bertz CT molecular complexity index is 546. The Kier molecular flexibility index (Phi) is 7.65. The zero-order valence-electron chi connectivity index (χ0n) is 14.4. The maximum absolute atomic E-state index is 13.9. The molecule has 1 heterocycles. The summed E-state index contributed by atoms with van der Waals surface area (Å²) >= 11 is 3.28. The number of nitrogens with zero attached hydrogens (tertiary/aromatic N) is 1. The van der Waals surface area contributed by atoms with Crippen LogP contribution in [-0.4, -0.2) is 49.7 Å². The molecule has 1 fully saturated rings. The molecule has 0 bridgehead atoms. The van der Waals surface area contributed by atoms with E-state index in [-0.39, 0.29) is 17.5 Å². The molecule has 4 nitrogen and oxygen atoms in total. The number of nitrogens with one attached hydrogen (secondary N) is 1. The molecule has 1 aromatic carbocycles. The lowest BCUT2D eigenvalue weighted by molar-refractivity contribution is 0.00190. The molecule has 1 N–H and O–H groups in total. The fraction of sp³-hybridized carbons (Fsp3) is 0.611. The number of morpholine rings is 1. The number of amides is 1. The smallest absolute Gasteiger partial charge is 0.254 e. The van der Waals surface area contributed by atoms with Crippen LogP contribution < -0.4 is 5.32 Å². The molecule has 0 radical (unpaired) electrons. The number of carbonyl (C=O) groups excluding carboxylic acids is 1. The minimum atomic E-state index is -0.499. The number of benzene rings is 1. The van der Waals surface area contributed by atoms with Gasteiger partial charge in [-0.05, 0) is 24.1 Å². The second-order valence-corrected chi connectivity index (χ2v) is 7.04. The second-order valence-electron chi connectivity index (χ2n) is 6.13. The van der Waals surface area contributed by atoms with Crippen molar-refractivity contribution in [1.82, 2.24) is 10.2 Å². The van der Waals surface area contributed by atoms with Crippen LogP contribution in [0.25, 0.3) is 0 Å². The molecule has 1 aliphatic heterocycles. The lowest BCUT2D eigenvalue weighted by atomic mass is 9.92. The molecule has 0 spiro atoms. The van der Waals surface area contributed by atoms with Gasteiger partial charge < -0.3 is 10.1 Å². The number of rotatable bonds is 7. The van der Waals surface area contributed by atoms with Crippen LogP contribution in [0.4, 0.5) is 4.39 Å². The van der Waals surface area contributed by atoms with Crippen molar-refractivity contribution < 1.29 is 13.9 Å². The summed E-state index contributed by atoms with van der Waals surface area (Å²) in [5, 5.41) is 2.93. The van der Waals surface area contributed by atoms with Gasteiger partial charge in [0.2, 0.25) is 0 Å². The van der Waals surface area contributed by atoms with Gasteiger partial charge in [0, 0.05) is 30.1 Å². The van der Waals surface area contributed by atoms with E-state index in [2.05, 4.69) is 40.0 Å². The summed E-state index contributed by atoms with van der Waals surface area (Å²) in [5.74, 6) is -0.366. The Hall–Kier alpha value is -0.980. The third-order valence-corrected chi connectivity index (χ3v) is 5.25. The van der Waals surface area contributed by atoms with Crippen LogP contribution in [0.3, 0.4) is 0 Å². The van der Waals surface area contributed by atoms with Gasteiger partial charge in [-0.25, -0.2) is 4.39 Å². The van der Waals surface area contributed by atoms with Crippen LogP contribution in [0.15, 0.2) is 22.7 Å². The molecular weight excluding hydrogens is 375 g/mol. The Labute approximate surface area is 151 Å². The summed E-state index contributed by atoms with van der Waals surface area (Å²) in [6.07, 6.45) is 2.11. The van der Waals surface area contributed by atoms with E-state index in [1.54, 1.807) is 6.07 Å². The first kappa shape index (κ1) is 19.3. The minimum absolute atomic E-state index is 0.0784. The summed E-state index contributed by atoms with van der Waals surface area (Å²) in [6.45, 7) is 8.09. The van der Waals surface area contributed by atoms with Crippen LogP contribution >= 0.6 is 15.9 Å². The highest BCUT2D eigenvalue weighted by Crippen LogP contribution is 2.20. The first-order chi connectivity index (χ1) is 11.6. The van der Waals surface area contributed by atoms with Gasteiger partial charge in [0.05, 0.1) is 18.8 Å². The summed E-state index contributed by atoms with van der Waals surface area (Å²) < 4.78 is 20.0. The SMILES string of the molecule is CCC(CC)[C@@H](CNC(=O)c1cc(Br)ccc1F)N1CCOCC1. The van der Waals surface area contributed by atoms with Gasteiger partial charge in [0.25, 0.3) is 5.91 Å². The largest absolute Gasteiger partial charge is 0.379 e. The highest BCUT2D eigenvalue weighted by atomic mass is 79.9. The number of halogens is 2. The maximum atomic E-state index is 13.9. The van der Waals surface area contributed by atoms with E-state index in [9.17, 15) is 9.18 Å². The van der Waals surface area contributed by atoms with Crippen LogP contribution in [0.1, 0.15) is 37.0 Å². The lowest BCUT2D eigenvalue weighted by Crippen LogP contribution is -2.52. The Morgan fingerprint density at radius 1 is 1.33 bits per heavy atom. The van der Waals surface area contributed by atoms with Gasteiger partial charge in [-0.1, -0.05) is 42.6 Å². The highest BCUT2D eigenvalue weighted by molar-refractivity contribution is 9.10. The second kappa shape index (κ2) is 9.49. The van der Waals surface area contributed by atoms with Crippen LogP contribution in [-0.2, 0) is 4.74 Å². The summed E-state index contributed by atoms with van der Waals surface area (Å²) in [5.41, 5.74) is 0.0784. The van der Waals surface area contributed by atoms with Crippen molar-refractivity contribution in [3.8, 4) is 0 Å². The third kappa shape index (κ3) is 5.01. The molecule has 6 heteroatoms. The van der Waals surface area contributed by atoms with Crippen molar-refractivity contribution >= 4 is 21.8 Å². The van der Waals surface area contributed by atoms with E-state index < -0.39 is 5.82 Å². The molecule has 1 saturated heterocycles.